The molecule has 0 spiro atoms. The van der Waals surface area contributed by atoms with Gasteiger partial charge in [0.25, 0.3) is 11.8 Å². The number of aryl methyl sites for hydroxylation is 1. The second-order valence-electron chi connectivity index (χ2n) is 7.30. The molecule has 0 saturated heterocycles. The third-order valence-corrected chi connectivity index (χ3v) is 5.64. The molecule has 0 unspecified atom stereocenters. The summed E-state index contributed by atoms with van der Waals surface area (Å²) in [6.07, 6.45) is 0. The van der Waals surface area contributed by atoms with E-state index in [1.54, 1.807) is 35.2 Å². The predicted octanol–water partition coefficient (Wildman–Crippen LogP) is 4.70. The van der Waals surface area contributed by atoms with Crippen LogP contribution in [0.1, 0.15) is 21.5 Å². The average Bonchev–Trinajstić information content (AvgIpc) is 3.12. The number of hydrogen-bond donors (Lipinski definition) is 2. The molecule has 2 N–H and O–H groups in total. The second-order valence-corrected chi connectivity index (χ2v) is 8.11. The molecule has 0 aromatic heterocycles. The lowest BCUT2D eigenvalue weighted by Crippen LogP contribution is -2.37. The maximum absolute atomic E-state index is 12.6. The molecule has 0 atom stereocenters. The van der Waals surface area contributed by atoms with Gasteiger partial charge in [-0.05, 0) is 78.8 Å². The van der Waals surface area contributed by atoms with E-state index in [1.807, 2.05) is 43.3 Å². The first-order valence-electron chi connectivity index (χ1n) is 9.90. The van der Waals surface area contributed by atoms with E-state index in [4.69, 9.17) is 28.6 Å². The Labute approximate surface area is 196 Å². The van der Waals surface area contributed by atoms with Crippen LogP contribution in [-0.4, -0.2) is 23.5 Å². The molecular formula is C24H20ClN3O3S. The van der Waals surface area contributed by atoms with Crippen LogP contribution in [0, 0.1) is 6.92 Å². The van der Waals surface area contributed by atoms with Gasteiger partial charge in [-0.25, -0.2) is 0 Å². The molecule has 1 aliphatic rings. The van der Waals surface area contributed by atoms with Crippen molar-refractivity contribution >= 4 is 52.1 Å². The summed E-state index contributed by atoms with van der Waals surface area (Å²) in [7, 11) is 0. The number of amides is 2. The van der Waals surface area contributed by atoms with Gasteiger partial charge in [0.1, 0.15) is 5.75 Å². The molecule has 8 heteroatoms. The zero-order valence-electron chi connectivity index (χ0n) is 17.2. The summed E-state index contributed by atoms with van der Waals surface area (Å²) in [5.74, 6) is 0.155. The number of anilines is 2. The van der Waals surface area contributed by atoms with E-state index in [9.17, 15) is 9.59 Å². The van der Waals surface area contributed by atoms with E-state index in [0.717, 1.165) is 22.4 Å². The number of ether oxygens (including phenoxy) is 1. The van der Waals surface area contributed by atoms with Crippen LogP contribution < -0.4 is 20.3 Å². The Hall–Kier alpha value is -3.42. The summed E-state index contributed by atoms with van der Waals surface area (Å²) in [5.41, 5.74) is 4.09. The van der Waals surface area contributed by atoms with Crippen molar-refractivity contribution in [1.29, 1.82) is 0 Å². The zero-order valence-corrected chi connectivity index (χ0v) is 18.8. The van der Waals surface area contributed by atoms with E-state index >= 15 is 0 Å². The number of rotatable bonds is 5. The van der Waals surface area contributed by atoms with Gasteiger partial charge in [0.15, 0.2) is 11.7 Å². The van der Waals surface area contributed by atoms with Gasteiger partial charge in [0.05, 0.1) is 6.54 Å². The van der Waals surface area contributed by atoms with Gasteiger partial charge in [0.2, 0.25) is 0 Å². The smallest absolute Gasteiger partial charge is 0.264 e. The summed E-state index contributed by atoms with van der Waals surface area (Å²) in [4.78, 5) is 26.4. The number of halogens is 1. The third-order valence-electron chi connectivity index (χ3n) is 5.01. The largest absolute Gasteiger partial charge is 0.484 e. The van der Waals surface area contributed by atoms with Crippen molar-refractivity contribution in [3.63, 3.8) is 0 Å². The van der Waals surface area contributed by atoms with Crippen molar-refractivity contribution < 1.29 is 14.3 Å². The van der Waals surface area contributed by atoms with Gasteiger partial charge in [-0.15, -0.1) is 0 Å². The molecule has 0 bridgehead atoms. The molecular weight excluding hydrogens is 446 g/mol. The summed E-state index contributed by atoms with van der Waals surface area (Å²) < 4.78 is 5.47. The highest BCUT2D eigenvalue weighted by molar-refractivity contribution is 7.80. The van der Waals surface area contributed by atoms with Crippen molar-refractivity contribution in [3.05, 3.63) is 88.4 Å². The number of carbonyl (C=O) groups is 2. The van der Waals surface area contributed by atoms with Crippen molar-refractivity contribution in [2.45, 2.75) is 13.5 Å². The van der Waals surface area contributed by atoms with E-state index in [1.165, 1.54) is 0 Å². The molecule has 6 nitrogen and oxygen atoms in total. The maximum Gasteiger partial charge on any atom is 0.264 e. The fourth-order valence-corrected chi connectivity index (χ4v) is 3.72. The molecule has 4 rings (SSSR count). The highest BCUT2D eigenvalue weighted by Gasteiger charge is 2.27. The number of benzene rings is 3. The number of carbonyl (C=O) groups excluding carboxylic acids is 2. The van der Waals surface area contributed by atoms with Gasteiger partial charge >= 0.3 is 0 Å². The Kier molecular flexibility index (Phi) is 6.39. The Balaban J connectivity index is 1.29. The highest BCUT2D eigenvalue weighted by atomic mass is 35.5. The molecule has 2 amide bonds. The molecule has 3 aromatic rings. The Morgan fingerprint density at radius 2 is 1.88 bits per heavy atom. The quantitative estimate of drug-likeness (QED) is 0.534. The van der Waals surface area contributed by atoms with Crippen LogP contribution in [0.15, 0.2) is 66.7 Å². The first-order chi connectivity index (χ1) is 15.4. The van der Waals surface area contributed by atoms with Crippen molar-refractivity contribution in [3.8, 4) is 5.75 Å². The van der Waals surface area contributed by atoms with Crippen molar-refractivity contribution in [2.24, 2.45) is 0 Å². The highest BCUT2D eigenvalue weighted by Crippen LogP contribution is 2.29. The van der Waals surface area contributed by atoms with Crippen LogP contribution in [0.25, 0.3) is 0 Å². The molecule has 0 saturated carbocycles. The number of fused-ring (bicyclic) bond motifs is 1. The van der Waals surface area contributed by atoms with Crippen LogP contribution in [0.5, 0.6) is 5.75 Å². The van der Waals surface area contributed by atoms with Crippen molar-refractivity contribution in [2.75, 3.05) is 16.8 Å². The lowest BCUT2D eigenvalue weighted by atomic mass is 10.1. The number of hydrogen-bond acceptors (Lipinski definition) is 4. The molecule has 0 aliphatic carbocycles. The van der Waals surface area contributed by atoms with Gasteiger partial charge in [-0.2, -0.15) is 0 Å². The van der Waals surface area contributed by atoms with Crippen LogP contribution in [0.2, 0.25) is 5.02 Å². The summed E-state index contributed by atoms with van der Waals surface area (Å²) in [6, 6.07) is 20.0. The van der Waals surface area contributed by atoms with Gasteiger partial charge < -0.3 is 15.0 Å². The molecule has 0 fully saturated rings. The minimum absolute atomic E-state index is 0.0139. The summed E-state index contributed by atoms with van der Waals surface area (Å²) in [6.45, 7) is 2.22. The van der Waals surface area contributed by atoms with Crippen LogP contribution >= 0.6 is 23.8 Å². The number of thiocarbonyl (C=S) groups is 1. The van der Waals surface area contributed by atoms with Crippen LogP contribution in [0.4, 0.5) is 11.4 Å². The van der Waals surface area contributed by atoms with Crippen LogP contribution in [-0.2, 0) is 11.3 Å². The van der Waals surface area contributed by atoms with E-state index in [2.05, 4.69) is 10.6 Å². The average molecular weight is 466 g/mol. The minimum Gasteiger partial charge on any atom is -0.484 e. The molecule has 0 radical (unpaired) electrons. The minimum atomic E-state index is -0.382. The SMILES string of the molecule is Cc1cc(OCC(=O)NC(=S)Nc2ccc(N3Cc4ccccc4C3=O)cc2)ccc1Cl. The fraction of sp³-hybridized carbons (Fsp3) is 0.125. The number of nitrogens with zero attached hydrogens (tertiary/aromatic N) is 1. The normalized spacial score (nSPS) is 12.3. The third kappa shape index (κ3) is 4.90. The lowest BCUT2D eigenvalue weighted by Gasteiger charge is -2.17. The molecule has 32 heavy (non-hydrogen) atoms. The topological polar surface area (TPSA) is 70.7 Å². The van der Waals surface area contributed by atoms with E-state index in [0.29, 0.717) is 23.0 Å². The zero-order chi connectivity index (χ0) is 22.7. The Bertz CT molecular complexity index is 1200. The lowest BCUT2D eigenvalue weighted by molar-refractivity contribution is -0.121. The van der Waals surface area contributed by atoms with Gasteiger partial charge in [-0.1, -0.05) is 29.8 Å². The van der Waals surface area contributed by atoms with Gasteiger partial charge in [0, 0.05) is 22.0 Å². The Morgan fingerprint density at radius 3 is 2.59 bits per heavy atom. The van der Waals surface area contributed by atoms with Gasteiger partial charge in [-0.3, -0.25) is 14.9 Å². The van der Waals surface area contributed by atoms with E-state index < -0.39 is 0 Å². The fourth-order valence-electron chi connectivity index (χ4n) is 3.37. The standard InChI is InChI=1S/C24H20ClN3O3S/c1-15-12-19(10-11-21(15)25)31-14-22(29)27-24(32)26-17-6-8-18(9-7-17)28-13-16-4-2-3-5-20(16)23(28)30/h2-12H,13-14H2,1H3,(H2,26,27,29,32). The summed E-state index contributed by atoms with van der Waals surface area (Å²) >= 11 is 11.2. The first-order valence-corrected chi connectivity index (χ1v) is 10.7. The van der Waals surface area contributed by atoms with Crippen LogP contribution in [0.3, 0.4) is 0 Å². The second kappa shape index (κ2) is 9.38. The first kappa shape index (κ1) is 21.8. The van der Waals surface area contributed by atoms with E-state index in [-0.39, 0.29) is 23.5 Å². The molecule has 1 heterocycles. The maximum atomic E-state index is 12.6. The molecule has 162 valence electrons. The molecule has 1 aliphatic heterocycles. The predicted molar refractivity (Wildman–Crippen MR) is 129 cm³/mol. The Morgan fingerprint density at radius 1 is 1.12 bits per heavy atom. The molecule has 3 aromatic carbocycles. The number of nitrogens with one attached hydrogen (secondary N) is 2. The summed E-state index contributed by atoms with van der Waals surface area (Å²) in [5, 5.41) is 6.33. The monoisotopic (exact) mass is 465 g/mol. The van der Waals surface area contributed by atoms with Crippen molar-refractivity contribution in [1.82, 2.24) is 5.32 Å².